The smallest absolute Gasteiger partial charge is 0.269 e. The van der Waals surface area contributed by atoms with Gasteiger partial charge < -0.3 is 10.2 Å². The van der Waals surface area contributed by atoms with Crippen molar-refractivity contribution in [2.24, 2.45) is 0 Å². The summed E-state index contributed by atoms with van der Waals surface area (Å²) in [6.07, 6.45) is 3.42. The molecule has 21 heavy (non-hydrogen) atoms. The zero-order valence-corrected chi connectivity index (χ0v) is 12.5. The van der Waals surface area contributed by atoms with Gasteiger partial charge in [-0.2, -0.15) is 0 Å². The number of hydrogen-bond acceptors (Lipinski definition) is 5. The Hall–Kier alpha value is -2.34. The summed E-state index contributed by atoms with van der Waals surface area (Å²) in [5, 5.41) is 14.5. The number of benzene rings is 1. The average molecular weight is 307 g/mol. The van der Waals surface area contributed by atoms with Crippen LogP contribution in [-0.4, -0.2) is 24.0 Å². The molecule has 1 heterocycles. The topological polar surface area (TPSA) is 71.3 Å². The monoisotopic (exact) mass is 306 g/mol. The fourth-order valence-electron chi connectivity index (χ4n) is 1.91. The molecule has 6 nitrogen and oxygen atoms in total. The number of non-ortho nitro benzene ring substituents is 1. The molecule has 0 saturated heterocycles. The maximum Gasteiger partial charge on any atom is 0.269 e. The van der Waals surface area contributed by atoms with E-state index in [1.807, 2.05) is 25.1 Å². The van der Waals surface area contributed by atoms with Gasteiger partial charge in [0.2, 0.25) is 0 Å². The number of nitro benzene ring substituents is 1. The maximum absolute atomic E-state index is 10.8. The lowest BCUT2D eigenvalue weighted by Crippen LogP contribution is -2.12. The molecular formula is C14H15ClN4O2. The van der Waals surface area contributed by atoms with Crippen molar-refractivity contribution in [3.63, 3.8) is 0 Å². The molecule has 0 aliphatic carbocycles. The van der Waals surface area contributed by atoms with Crippen LogP contribution in [-0.2, 0) is 6.54 Å². The second-order valence-corrected chi connectivity index (χ2v) is 5.08. The van der Waals surface area contributed by atoms with E-state index in [2.05, 4.69) is 10.3 Å². The molecule has 1 aromatic carbocycles. The third kappa shape index (κ3) is 3.61. The van der Waals surface area contributed by atoms with Crippen LogP contribution in [0, 0.1) is 10.1 Å². The highest BCUT2D eigenvalue weighted by molar-refractivity contribution is 6.31. The summed E-state index contributed by atoms with van der Waals surface area (Å²) in [6.45, 7) is 0.382. The number of hydrogen-bond donors (Lipinski definition) is 1. The molecule has 0 atom stereocenters. The summed E-state index contributed by atoms with van der Waals surface area (Å²) in [4.78, 5) is 16.4. The second kappa shape index (κ2) is 6.41. The largest absolute Gasteiger partial charge is 0.378 e. The summed E-state index contributed by atoms with van der Waals surface area (Å²) in [6, 6.07) is 6.28. The second-order valence-electron chi connectivity index (χ2n) is 4.67. The number of rotatable bonds is 5. The first-order valence-electron chi connectivity index (χ1n) is 6.27. The van der Waals surface area contributed by atoms with Crippen LogP contribution in [0.4, 0.5) is 17.1 Å². The van der Waals surface area contributed by atoms with Gasteiger partial charge in [-0.05, 0) is 17.7 Å². The van der Waals surface area contributed by atoms with Crippen molar-refractivity contribution >= 4 is 28.7 Å². The Morgan fingerprint density at radius 2 is 2.14 bits per heavy atom. The summed E-state index contributed by atoms with van der Waals surface area (Å²) in [5.74, 6) is 0. The van der Waals surface area contributed by atoms with Gasteiger partial charge in [-0.25, -0.2) is 0 Å². The van der Waals surface area contributed by atoms with Gasteiger partial charge in [-0.15, -0.1) is 0 Å². The molecule has 1 aromatic heterocycles. The number of aromatic nitrogens is 1. The normalized spacial score (nSPS) is 10.2. The predicted molar refractivity (Wildman–Crippen MR) is 84.0 cm³/mol. The van der Waals surface area contributed by atoms with E-state index in [4.69, 9.17) is 11.6 Å². The zero-order chi connectivity index (χ0) is 15.4. The van der Waals surface area contributed by atoms with Crippen molar-refractivity contribution in [2.45, 2.75) is 6.54 Å². The molecule has 1 N–H and O–H groups in total. The SMILES string of the molecule is CN(C)c1ccncc1NCc1cc([N+](=O)[O-])ccc1Cl. The highest BCUT2D eigenvalue weighted by Gasteiger charge is 2.10. The first kappa shape index (κ1) is 15.1. The van der Waals surface area contributed by atoms with Gasteiger partial charge in [0.05, 0.1) is 22.5 Å². The Labute approximate surface area is 127 Å². The zero-order valence-electron chi connectivity index (χ0n) is 11.7. The molecule has 0 saturated carbocycles. The van der Waals surface area contributed by atoms with E-state index < -0.39 is 4.92 Å². The van der Waals surface area contributed by atoms with Gasteiger partial charge in [0.25, 0.3) is 5.69 Å². The van der Waals surface area contributed by atoms with Crippen LogP contribution in [0.2, 0.25) is 5.02 Å². The molecule has 110 valence electrons. The van der Waals surface area contributed by atoms with E-state index in [1.165, 1.54) is 18.2 Å². The van der Waals surface area contributed by atoms with Crippen LogP contribution >= 0.6 is 11.6 Å². The number of nitro groups is 1. The molecule has 0 fully saturated rings. The minimum atomic E-state index is -0.435. The molecule has 0 aliphatic rings. The first-order valence-corrected chi connectivity index (χ1v) is 6.65. The van der Waals surface area contributed by atoms with E-state index in [0.29, 0.717) is 17.1 Å². The Morgan fingerprint density at radius 3 is 2.81 bits per heavy atom. The number of nitrogens with zero attached hydrogens (tertiary/aromatic N) is 3. The van der Waals surface area contributed by atoms with Gasteiger partial charge in [0.1, 0.15) is 0 Å². The average Bonchev–Trinajstić information content (AvgIpc) is 2.46. The van der Waals surface area contributed by atoms with Gasteiger partial charge in [-0.1, -0.05) is 11.6 Å². The molecule has 0 bridgehead atoms. The number of pyridine rings is 1. The van der Waals surface area contributed by atoms with Gasteiger partial charge in [0.15, 0.2) is 0 Å². The van der Waals surface area contributed by atoms with E-state index in [9.17, 15) is 10.1 Å². The van der Waals surface area contributed by atoms with E-state index in [-0.39, 0.29) is 5.69 Å². The van der Waals surface area contributed by atoms with Crippen molar-refractivity contribution in [3.05, 3.63) is 57.4 Å². The molecule has 7 heteroatoms. The van der Waals surface area contributed by atoms with Crippen LogP contribution in [0.15, 0.2) is 36.7 Å². The maximum atomic E-state index is 10.8. The van der Waals surface area contributed by atoms with Crippen molar-refractivity contribution < 1.29 is 4.92 Å². The van der Waals surface area contributed by atoms with Crippen LogP contribution < -0.4 is 10.2 Å². The summed E-state index contributed by atoms with van der Waals surface area (Å²) in [5.41, 5.74) is 2.51. The standard InChI is InChI=1S/C14H15ClN4O2/c1-18(2)14-5-6-16-9-13(14)17-8-10-7-11(19(20)21)3-4-12(10)15/h3-7,9,17H,8H2,1-2H3. The van der Waals surface area contributed by atoms with Crippen LogP contribution in [0.1, 0.15) is 5.56 Å². The van der Waals surface area contributed by atoms with Gasteiger partial charge in [-0.3, -0.25) is 15.1 Å². The fourth-order valence-corrected chi connectivity index (χ4v) is 2.10. The highest BCUT2D eigenvalue weighted by atomic mass is 35.5. The van der Waals surface area contributed by atoms with E-state index in [0.717, 1.165) is 11.4 Å². The van der Waals surface area contributed by atoms with Gasteiger partial charge >= 0.3 is 0 Å². The summed E-state index contributed by atoms with van der Waals surface area (Å²) >= 11 is 6.08. The predicted octanol–water partition coefficient (Wildman–Crippen LogP) is 3.32. The minimum Gasteiger partial charge on any atom is -0.378 e. The van der Waals surface area contributed by atoms with Crippen molar-refractivity contribution in [1.82, 2.24) is 4.98 Å². The van der Waals surface area contributed by atoms with Crippen LogP contribution in [0.25, 0.3) is 0 Å². The Kier molecular flexibility index (Phi) is 4.59. The van der Waals surface area contributed by atoms with E-state index in [1.54, 1.807) is 12.4 Å². The molecule has 0 spiro atoms. The molecule has 0 unspecified atom stereocenters. The molecular weight excluding hydrogens is 292 g/mol. The highest BCUT2D eigenvalue weighted by Crippen LogP contribution is 2.26. The molecule has 2 aromatic rings. The van der Waals surface area contributed by atoms with Crippen LogP contribution in [0.3, 0.4) is 0 Å². The number of anilines is 2. The third-order valence-electron chi connectivity index (χ3n) is 2.99. The lowest BCUT2D eigenvalue weighted by molar-refractivity contribution is -0.384. The molecule has 0 aliphatic heterocycles. The lowest BCUT2D eigenvalue weighted by Gasteiger charge is -2.18. The molecule has 0 amide bonds. The third-order valence-corrected chi connectivity index (χ3v) is 3.36. The van der Waals surface area contributed by atoms with Gasteiger partial charge in [0, 0.05) is 44.0 Å². The Balaban J connectivity index is 2.20. The Bertz CT molecular complexity index is 661. The fraction of sp³-hybridized carbons (Fsp3) is 0.214. The van der Waals surface area contributed by atoms with Crippen molar-refractivity contribution in [2.75, 3.05) is 24.3 Å². The lowest BCUT2D eigenvalue weighted by atomic mass is 10.2. The van der Waals surface area contributed by atoms with Crippen molar-refractivity contribution in [1.29, 1.82) is 0 Å². The number of nitrogens with one attached hydrogen (secondary N) is 1. The summed E-state index contributed by atoms with van der Waals surface area (Å²) in [7, 11) is 3.86. The van der Waals surface area contributed by atoms with Crippen LogP contribution in [0.5, 0.6) is 0 Å². The number of halogens is 1. The summed E-state index contributed by atoms with van der Waals surface area (Å²) < 4.78 is 0. The Morgan fingerprint density at radius 1 is 1.38 bits per heavy atom. The minimum absolute atomic E-state index is 0.0234. The quantitative estimate of drug-likeness (QED) is 0.677. The first-order chi connectivity index (χ1) is 9.99. The van der Waals surface area contributed by atoms with Crippen molar-refractivity contribution in [3.8, 4) is 0 Å². The van der Waals surface area contributed by atoms with E-state index >= 15 is 0 Å². The molecule has 0 radical (unpaired) electrons. The molecule has 2 rings (SSSR count).